The normalized spacial score (nSPS) is 12.3. The molecule has 0 spiro atoms. The second kappa shape index (κ2) is 5.66. The molecular weight excluding hydrogens is 300 g/mol. The van der Waals surface area contributed by atoms with Gasteiger partial charge in [0.15, 0.2) is 0 Å². The molecule has 2 heterocycles. The highest BCUT2D eigenvalue weighted by molar-refractivity contribution is 6.06. The summed E-state index contributed by atoms with van der Waals surface area (Å²) in [4.78, 5) is 12.8. The monoisotopic (exact) mass is 314 g/mol. The first-order chi connectivity index (χ1) is 11.8. The molecular formula is C20H14N2O2. The second-order valence-electron chi connectivity index (χ2n) is 5.48. The minimum Gasteiger partial charge on any atom is -0.870 e. The van der Waals surface area contributed by atoms with Crippen molar-refractivity contribution in [1.29, 1.82) is 0 Å². The Balaban J connectivity index is 1.95. The fraction of sp³-hybridized carbons (Fsp3) is 0. The summed E-state index contributed by atoms with van der Waals surface area (Å²) in [5.74, 6) is -0.229. The maximum absolute atomic E-state index is 12.8. The maximum Gasteiger partial charge on any atom is 0.286 e. The van der Waals surface area contributed by atoms with Crippen molar-refractivity contribution in [3.05, 3.63) is 107 Å². The van der Waals surface area contributed by atoms with Gasteiger partial charge in [-0.05, 0) is 5.56 Å². The summed E-state index contributed by atoms with van der Waals surface area (Å²) in [6, 6.07) is 21.6. The van der Waals surface area contributed by atoms with E-state index in [-0.39, 0.29) is 11.5 Å². The molecule has 0 fully saturated rings. The zero-order valence-corrected chi connectivity index (χ0v) is 12.8. The van der Waals surface area contributed by atoms with Gasteiger partial charge in [0.1, 0.15) is 5.35 Å². The standard InChI is InChI=1S/C20H14N2O2/c23-19(15-8-3-1-4-9-15)17-14-18(22-13-7-12-21(17)22)20(24)16-10-5-2-6-11-16/h1-14H. The van der Waals surface area contributed by atoms with Crippen molar-refractivity contribution in [2.75, 3.05) is 0 Å². The van der Waals surface area contributed by atoms with Crippen LogP contribution in [0.3, 0.4) is 0 Å². The van der Waals surface area contributed by atoms with E-state index < -0.39 is 0 Å². The van der Waals surface area contributed by atoms with Crippen molar-refractivity contribution >= 4 is 11.5 Å². The SMILES string of the molecule is O=C(c1ccccc1)c1c/c(=C(\[O-])c2ccccc2)n2ccc[n+]12. The molecule has 0 atom stereocenters. The minimum absolute atomic E-state index is 0.114. The number of nitrogens with zero attached hydrogens (tertiary/aromatic N) is 2. The molecule has 116 valence electrons. The summed E-state index contributed by atoms with van der Waals surface area (Å²) in [6.07, 6.45) is 3.55. The molecule has 4 heteroatoms. The van der Waals surface area contributed by atoms with Crippen LogP contribution in [-0.2, 0) is 0 Å². The number of ketones is 1. The van der Waals surface area contributed by atoms with E-state index in [4.69, 9.17) is 0 Å². The van der Waals surface area contributed by atoms with Gasteiger partial charge in [0.2, 0.25) is 6.20 Å². The fourth-order valence-electron chi connectivity index (χ4n) is 2.81. The van der Waals surface area contributed by atoms with Crippen LogP contribution < -0.4 is 15.0 Å². The van der Waals surface area contributed by atoms with Crippen molar-refractivity contribution in [3.8, 4) is 0 Å². The van der Waals surface area contributed by atoms with Gasteiger partial charge in [0.05, 0.1) is 6.20 Å². The molecule has 2 aromatic heterocycles. The lowest BCUT2D eigenvalue weighted by Crippen LogP contribution is -2.35. The van der Waals surface area contributed by atoms with Crippen LogP contribution >= 0.6 is 0 Å². The molecule has 0 N–H and O–H groups in total. The van der Waals surface area contributed by atoms with Gasteiger partial charge in [0.25, 0.3) is 11.5 Å². The van der Waals surface area contributed by atoms with Gasteiger partial charge in [-0.25, -0.2) is 0 Å². The molecule has 0 amide bonds. The Morgan fingerprint density at radius 1 is 0.875 bits per heavy atom. The van der Waals surface area contributed by atoms with Crippen LogP contribution in [0.25, 0.3) is 5.76 Å². The molecule has 0 aliphatic carbocycles. The Bertz CT molecular complexity index is 1070. The average molecular weight is 314 g/mol. The minimum atomic E-state index is -0.114. The van der Waals surface area contributed by atoms with E-state index in [9.17, 15) is 9.90 Å². The van der Waals surface area contributed by atoms with Crippen LogP contribution in [0.5, 0.6) is 0 Å². The molecule has 0 unspecified atom stereocenters. The summed E-state index contributed by atoms with van der Waals surface area (Å²) < 4.78 is 3.40. The third-order valence-electron chi connectivity index (χ3n) is 3.99. The molecule has 0 aliphatic rings. The topological polar surface area (TPSA) is 48.6 Å². The fourth-order valence-corrected chi connectivity index (χ4v) is 2.81. The van der Waals surface area contributed by atoms with Crippen molar-refractivity contribution < 1.29 is 14.4 Å². The molecule has 0 saturated carbocycles. The molecule has 4 aromatic rings. The van der Waals surface area contributed by atoms with Gasteiger partial charge >= 0.3 is 0 Å². The predicted molar refractivity (Wildman–Crippen MR) is 87.1 cm³/mol. The van der Waals surface area contributed by atoms with Gasteiger partial charge < -0.3 is 5.11 Å². The van der Waals surface area contributed by atoms with Crippen molar-refractivity contribution in [2.45, 2.75) is 0 Å². The van der Waals surface area contributed by atoms with Gasteiger partial charge in [-0.15, -0.1) is 4.52 Å². The molecule has 0 bridgehead atoms. The number of rotatable bonds is 3. The second-order valence-corrected chi connectivity index (χ2v) is 5.48. The molecule has 4 rings (SSSR count). The number of benzene rings is 2. The first-order valence-electron chi connectivity index (χ1n) is 7.64. The lowest BCUT2D eigenvalue weighted by atomic mass is 10.1. The lowest BCUT2D eigenvalue weighted by Gasteiger charge is -2.09. The predicted octanol–water partition coefficient (Wildman–Crippen LogP) is 0.991. The van der Waals surface area contributed by atoms with Crippen molar-refractivity contribution in [2.24, 2.45) is 0 Å². The van der Waals surface area contributed by atoms with Gasteiger partial charge in [0, 0.05) is 17.7 Å². The van der Waals surface area contributed by atoms with E-state index in [1.54, 1.807) is 51.8 Å². The van der Waals surface area contributed by atoms with Crippen molar-refractivity contribution in [3.63, 3.8) is 0 Å². The van der Waals surface area contributed by atoms with Crippen LogP contribution in [0, 0.1) is 0 Å². The highest BCUT2D eigenvalue weighted by Gasteiger charge is 2.23. The number of fused-ring (bicyclic) bond motifs is 1. The number of carbonyl (C=O) groups excluding carboxylic acids is 1. The van der Waals surface area contributed by atoms with E-state index in [0.717, 1.165) is 0 Å². The Hall–Kier alpha value is -3.40. The summed E-state index contributed by atoms with van der Waals surface area (Å²) in [7, 11) is 0. The zero-order valence-electron chi connectivity index (χ0n) is 12.8. The first kappa shape index (κ1) is 14.2. The first-order valence-corrected chi connectivity index (χ1v) is 7.64. The summed E-state index contributed by atoms with van der Waals surface area (Å²) >= 11 is 0. The van der Waals surface area contributed by atoms with Crippen LogP contribution in [0.4, 0.5) is 0 Å². The number of hydrogen-bond acceptors (Lipinski definition) is 2. The van der Waals surface area contributed by atoms with Crippen LogP contribution in [0.2, 0.25) is 0 Å². The zero-order chi connectivity index (χ0) is 16.5. The summed E-state index contributed by atoms with van der Waals surface area (Å²) in [5, 5.41) is 13.2. The Morgan fingerprint density at radius 3 is 2.17 bits per heavy atom. The van der Waals surface area contributed by atoms with Gasteiger partial charge in [-0.1, -0.05) is 70.9 Å². The molecule has 0 radical (unpaired) electrons. The highest BCUT2D eigenvalue weighted by Crippen LogP contribution is 2.07. The maximum atomic E-state index is 12.8. The van der Waals surface area contributed by atoms with E-state index >= 15 is 0 Å². The smallest absolute Gasteiger partial charge is 0.286 e. The average Bonchev–Trinajstić information content (AvgIpc) is 3.24. The van der Waals surface area contributed by atoms with E-state index in [1.807, 2.05) is 42.5 Å². The van der Waals surface area contributed by atoms with Crippen molar-refractivity contribution in [1.82, 2.24) is 4.52 Å². The third kappa shape index (κ3) is 2.25. The van der Waals surface area contributed by atoms with E-state index in [0.29, 0.717) is 22.2 Å². The van der Waals surface area contributed by atoms with Gasteiger partial charge in [-0.3, -0.25) is 4.79 Å². The Labute approximate surface area is 138 Å². The summed E-state index contributed by atoms with van der Waals surface area (Å²) in [5.41, 5.74) is 1.65. The van der Waals surface area contributed by atoms with E-state index in [1.165, 1.54) is 0 Å². The Morgan fingerprint density at radius 2 is 1.50 bits per heavy atom. The lowest BCUT2D eigenvalue weighted by molar-refractivity contribution is -0.615. The molecule has 0 aliphatic heterocycles. The number of aromatic nitrogens is 2. The number of hydrogen-bond donors (Lipinski definition) is 0. The van der Waals surface area contributed by atoms with Gasteiger partial charge in [-0.2, -0.15) is 0 Å². The summed E-state index contributed by atoms with van der Waals surface area (Å²) in [6.45, 7) is 0. The van der Waals surface area contributed by atoms with Crippen LogP contribution in [-0.4, -0.2) is 10.3 Å². The Kier molecular flexibility index (Phi) is 3.35. The van der Waals surface area contributed by atoms with E-state index in [2.05, 4.69) is 0 Å². The molecule has 2 aromatic carbocycles. The highest BCUT2D eigenvalue weighted by atomic mass is 16.3. The van der Waals surface area contributed by atoms with Crippen LogP contribution in [0.1, 0.15) is 21.6 Å². The third-order valence-corrected chi connectivity index (χ3v) is 3.99. The van der Waals surface area contributed by atoms with Crippen LogP contribution in [0.15, 0.2) is 85.2 Å². The molecule has 0 saturated heterocycles. The largest absolute Gasteiger partial charge is 0.870 e. The number of carbonyl (C=O) groups is 1. The quantitative estimate of drug-likeness (QED) is 0.418. The molecule has 24 heavy (non-hydrogen) atoms. The molecule has 4 nitrogen and oxygen atoms in total.